The third-order valence-corrected chi connectivity index (χ3v) is 6.82. The largest absolute Gasteiger partial charge is 0.481 e. The van der Waals surface area contributed by atoms with Gasteiger partial charge in [0.05, 0.1) is 23.8 Å². The second-order valence-corrected chi connectivity index (χ2v) is 9.20. The molecule has 35 heavy (non-hydrogen) atoms. The summed E-state index contributed by atoms with van der Waals surface area (Å²) in [6.07, 6.45) is -0.0666. The van der Waals surface area contributed by atoms with Crippen LogP contribution in [0.1, 0.15) is 18.9 Å². The van der Waals surface area contributed by atoms with E-state index in [0.29, 0.717) is 23.7 Å². The van der Waals surface area contributed by atoms with Crippen LogP contribution in [0.15, 0.2) is 82.6 Å². The molecule has 0 spiro atoms. The average molecular weight is 487 g/mol. The molecule has 0 bridgehead atoms. The van der Waals surface area contributed by atoms with Crippen LogP contribution >= 0.6 is 11.8 Å². The number of hydrogen-bond acceptors (Lipinski definition) is 5. The van der Waals surface area contributed by atoms with E-state index in [2.05, 4.69) is 10.4 Å². The second kappa shape index (κ2) is 9.76. The van der Waals surface area contributed by atoms with E-state index in [1.54, 1.807) is 7.11 Å². The first-order valence-electron chi connectivity index (χ1n) is 11.4. The number of carbonyl (C=O) groups excluding carboxylic acids is 1. The van der Waals surface area contributed by atoms with Crippen LogP contribution in [0.25, 0.3) is 16.7 Å². The van der Waals surface area contributed by atoms with Gasteiger partial charge in [0, 0.05) is 4.90 Å². The van der Waals surface area contributed by atoms with Crippen molar-refractivity contribution in [2.45, 2.75) is 36.2 Å². The number of benzene rings is 3. The monoisotopic (exact) mass is 486 g/mol. The second-order valence-electron chi connectivity index (χ2n) is 8.15. The number of para-hydroxylation sites is 3. The van der Waals surface area contributed by atoms with Crippen molar-refractivity contribution in [2.75, 3.05) is 12.4 Å². The molecule has 0 aliphatic rings. The van der Waals surface area contributed by atoms with E-state index in [-0.39, 0.29) is 5.91 Å². The van der Waals surface area contributed by atoms with Gasteiger partial charge in [0.1, 0.15) is 10.6 Å². The number of hydrogen-bond donors (Lipinski definition) is 2. The van der Waals surface area contributed by atoms with Crippen LogP contribution in [0.2, 0.25) is 0 Å². The smallest absolute Gasteiger partial charge is 0.265 e. The summed E-state index contributed by atoms with van der Waals surface area (Å²) in [5.41, 5.74) is 4.41. The van der Waals surface area contributed by atoms with Crippen molar-refractivity contribution >= 4 is 40.0 Å². The van der Waals surface area contributed by atoms with E-state index >= 15 is 0 Å². The zero-order valence-electron chi connectivity index (χ0n) is 19.7. The molecular formula is C27H26N4O3S. The molecular weight excluding hydrogens is 460 g/mol. The van der Waals surface area contributed by atoms with Gasteiger partial charge in [-0.15, -0.1) is 0 Å². The molecule has 0 radical (unpaired) electrons. The topological polar surface area (TPSA) is 80.7 Å². The van der Waals surface area contributed by atoms with Crippen molar-refractivity contribution in [1.82, 2.24) is 14.6 Å². The van der Waals surface area contributed by atoms with Crippen molar-refractivity contribution in [2.24, 2.45) is 0 Å². The Kier molecular flexibility index (Phi) is 6.37. The number of aromatic amines is 1. The summed E-state index contributed by atoms with van der Waals surface area (Å²) in [7, 11) is 1.62. The number of nitrogens with zero attached hydrogens (tertiary/aromatic N) is 2. The molecule has 8 heteroatoms. The first kappa shape index (κ1) is 22.9. The van der Waals surface area contributed by atoms with Crippen LogP contribution in [0.5, 0.6) is 11.6 Å². The Labute approximate surface area is 207 Å². The Morgan fingerprint density at radius 3 is 2.71 bits per heavy atom. The van der Waals surface area contributed by atoms with Gasteiger partial charge in [-0.1, -0.05) is 55.1 Å². The maximum absolute atomic E-state index is 13.1. The summed E-state index contributed by atoms with van der Waals surface area (Å²) in [5, 5.41) is 6.34. The van der Waals surface area contributed by atoms with E-state index in [1.165, 1.54) is 11.8 Å². The third-order valence-electron chi connectivity index (χ3n) is 5.68. The van der Waals surface area contributed by atoms with Crippen molar-refractivity contribution < 1.29 is 14.3 Å². The minimum Gasteiger partial charge on any atom is -0.481 e. The van der Waals surface area contributed by atoms with Crippen LogP contribution in [0.4, 0.5) is 5.69 Å². The number of carbonyl (C=O) groups is 1. The molecule has 7 nitrogen and oxygen atoms in total. The number of rotatable bonds is 8. The Morgan fingerprint density at radius 2 is 1.91 bits per heavy atom. The summed E-state index contributed by atoms with van der Waals surface area (Å²) in [6, 6.07) is 23.3. The van der Waals surface area contributed by atoms with Gasteiger partial charge in [-0.05, 0) is 55.3 Å². The molecule has 5 aromatic rings. The van der Waals surface area contributed by atoms with Gasteiger partial charge in [-0.25, -0.2) is 9.50 Å². The van der Waals surface area contributed by atoms with E-state index in [1.807, 2.05) is 91.2 Å². The van der Waals surface area contributed by atoms with Crippen molar-refractivity contribution in [3.05, 3.63) is 78.4 Å². The zero-order valence-corrected chi connectivity index (χ0v) is 20.6. The number of methoxy groups -OCH3 is 1. The first-order chi connectivity index (χ1) is 17.1. The Balaban J connectivity index is 1.42. The molecule has 0 aliphatic carbocycles. The highest BCUT2D eigenvalue weighted by atomic mass is 32.2. The molecule has 0 fully saturated rings. The number of nitrogens with one attached hydrogen (secondary N) is 2. The molecule has 2 aromatic heterocycles. The number of amides is 1. The molecule has 5 rings (SSSR count). The predicted molar refractivity (Wildman–Crippen MR) is 139 cm³/mol. The molecule has 0 saturated carbocycles. The molecule has 1 unspecified atom stereocenters. The van der Waals surface area contributed by atoms with Gasteiger partial charge in [0.2, 0.25) is 5.88 Å². The standard InChI is InChI=1S/C27H26N4O3S/c1-4-22(34-18-11-9-10-17(2)16-18)26(32)29-20-13-6-8-15-23(20)35-24-25-28-19-12-5-7-14-21(19)31(25)30-27(24)33-3/h5-16,22,30H,4H2,1-3H3,(H,29,32). The maximum Gasteiger partial charge on any atom is 0.265 e. The molecule has 0 saturated heterocycles. The predicted octanol–water partition coefficient (Wildman–Crippen LogP) is 6.08. The molecule has 1 atom stereocenters. The molecule has 0 aliphatic heterocycles. The lowest BCUT2D eigenvalue weighted by Gasteiger charge is -2.18. The number of aryl methyl sites for hydroxylation is 1. The van der Waals surface area contributed by atoms with E-state index < -0.39 is 6.10 Å². The average Bonchev–Trinajstić information content (AvgIpc) is 3.40. The van der Waals surface area contributed by atoms with Crippen LogP contribution in [0, 0.1) is 6.92 Å². The Bertz CT molecular complexity index is 1510. The fourth-order valence-electron chi connectivity index (χ4n) is 3.93. The van der Waals surface area contributed by atoms with Crippen LogP contribution < -0.4 is 14.8 Å². The van der Waals surface area contributed by atoms with Crippen molar-refractivity contribution in [1.29, 1.82) is 0 Å². The van der Waals surface area contributed by atoms with Crippen LogP contribution in [0.3, 0.4) is 0 Å². The maximum atomic E-state index is 13.1. The Hall–Kier alpha value is -3.91. The molecule has 178 valence electrons. The SMILES string of the molecule is CCC(Oc1cccc(C)c1)C(=O)Nc1ccccc1Sc1c(OC)[nH]n2c1nc1ccccc12. The highest BCUT2D eigenvalue weighted by Crippen LogP contribution is 2.41. The summed E-state index contributed by atoms with van der Waals surface area (Å²) >= 11 is 1.49. The number of H-pyrrole nitrogens is 1. The number of anilines is 1. The fraction of sp³-hybridized carbons (Fsp3) is 0.185. The lowest BCUT2D eigenvalue weighted by atomic mass is 10.2. The number of ether oxygens (including phenoxy) is 2. The van der Waals surface area contributed by atoms with Gasteiger partial charge in [0.15, 0.2) is 11.8 Å². The molecule has 2 N–H and O–H groups in total. The van der Waals surface area contributed by atoms with Crippen LogP contribution in [-0.2, 0) is 4.79 Å². The van der Waals surface area contributed by atoms with Crippen molar-refractivity contribution in [3.63, 3.8) is 0 Å². The fourth-order valence-corrected chi connectivity index (χ4v) is 4.98. The molecule has 1 amide bonds. The molecule has 3 aromatic carbocycles. The normalized spacial score (nSPS) is 12.1. The van der Waals surface area contributed by atoms with Gasteiger partial charge in [0.25, 0.3) is 5.91 Å². The quantitative estimate of drug-likeness (QED) is 0.278. The van der Waals surface area contributed by atoms with Gasteiger partial charge >= 0.3 is 0 Å². The number of imidazole rings is 1. The molecule has 2 heterocycles. The van der Waals surface area contributed by atoms with Gasteiger partial charge in [-0.2, -0.15) is 0 Å². The zero-order chi connectivity index (χ0) is 24.4. The van der Waals surface area contributed by atoms with Gasteiger partial charge < -0.3 is 14.8 Å². The minimum atomic E-state index is -0.610. The summed E-state index contributed by atoms with van der Waals surface area (Å²) in [6.45, 7) is 3.93. The number of fused-ring (bicyclic) bond motifs is 3. The minimum absolute atomic E-state index is 0.195. The third kappa shape index (κ3) is 4.57. The van der Waals surface area contributed by atoms with Crippen LogP contribution in [-0.4, -0.2) is 33.7 Å². The summed E-state index contributed by atoms with van der Waals surface area (Å²) in [5.74, 6) is 1.10. The van der Waals surface area contributed by atoms with E-state index in [9.17, 15) is 4.79 Å². The van der Waals surface area contributed by atoms with Crippen molar-refractivity contribution in [3.8, 4) is 11.6 Å². The Morgan fingerprint density at radius 1 is 1.11 bits per heavy atom. The highest BCUT2D eigenvalue weighted by Gasteiger charge is 2.22. The number of aromatic nitrogens is 3. The lowest BCUT2D eigenvalue weighted by Crippen LogP contribution is -2.32. The lowest BCUT2D eigenvalue weighted by molar-refractivity contribution is -0.122. The van der Waals surface area contributed by atoms with Gasteiger partial charge in [-0.3, -0.25) is 9.89 Å². The van der Waals surface area contributed by atoms with E-state index in [4.69, 9.17) is 14.5 Å². The highest BCUT2D eigenvalue weighted by molar-refractivity contribution is 7.99. The first-order valence-corrected chi connectivity index (χ1v) is 12.2. The summed E-state index contributed by atoms with van der Waals surface area (Å²) < 4.78 is 13.5. The van der Waals surface area contributed by atoms with E-state index in [0.717, 1.165) is 32.0 Å². The summed E-state index contributed by atoms with van der Waals surface area (Å²) in [4.78, 5) is 19.7.